The van der Waals surface area contributed by atoms with Crippen molar-refractivity contribution in [3.05, 3.63) is 39.8 Å². The van der Waals surface area contributed by atoms with Crippen LogP contribution in [0.15, 0.2) is 29.0 Å². The third-order valence-corrected chi connectivity index (χ3v) is 3.29. The summed E-state index contributed by atoms with van der Waals surface area (Å²) in [6.45, 7) is 3.47. The van der Waals surface area contributed by atoms with E-state index in [0.29, 0.717) is 11.6 Å². The minimum atomic E-state index is 0.618. The zero-order valence-electron chi connectivity index (χ0n) is 9.32. The molecule has 0 amide bonds. The molecule has 0 aliphatic heterocycles. The fourth-order valence-electron chi connectivity index (χ4n) is 1.50. The molecular weight excluding hydrogens is 304 g/mol. The van der Waals surface area contributed by atoms with Crippen molar-refractivity contribution in [2.45, 2.75) is 20.0 Å². The van der Waals surface area contributed by atoms with Gasteiger partial charge in [0.15, 0.2) is 0 Å². The molecule has 0 aliphatic rings. The molecule has 0 atom stereocenters. The van der Waals surface area contributed by atoms with Crippen molar-refractivity contribution in [1.82, 2.24) is 14.8 Å². The second kappa shape index (κ2) is 5.51. The number of nitrogens with zero attached hydrogens (tertiary/aromatic N) is 3. The van der Waals surface area contributed by atoms with Gasteiger partial charge in [0, 0.05) is 16.0 Å². The summed E-state index contributed by atoms with van der Waals surface area (Å²) in [5, 5.41) is 8.09. The highest BCUT2D eigenvalue weighted by molar-refractivity contribution is 9.10. The molecule has 2 aromatic rings. The van der Waals surface area contributed by atoms with Gasteiger partial charge in [0.1, 0.15) is 12.2 Å². The number of aromatic nitrogens is 3. The number of nitrogens with one attached hydrogen (secondary N) is 1. The fraction of sp³-hybridized carbons (Fsp3) is 0.273. The Balaban J connectivity index is 2.09. The molecule has 0 bridgehead atoms. The molecule has 0 fully saturated rings. The molecule has 1 aromatic heterocycles. The number of rotatable bonds is 4. The van der Waals surface area contributed by atoms with Crippen LogP contribution < -0.4 is 5.32 Å². The largest absolute Gasteiger partial charge is 0.377 e. The number of benzene rings is 1. The van der Waals surface area contributed by atoms with Crippen LogP contribution in [0.25, 0.3) is 0 Å². The Morgan fingerprint density at radius 3 is 3.06 bits per heavy atom. The highest BCUT2D eigenvalue weighted by Crippen LogP contribution is 2.26. The monoisotopic (exact) mass is 314 g/mol. The maximum Gasteiger partial charge on any atom is 0.146 e. The second-order valence-electron chi connectivity index (χ2n) is 3.47. The van der Waals surface area contributed by atoms with E-state index < -0.39 is 0 Å². The van der Waals surface area contributed by atoms with Gasteiger partial charge in [0.2, 0.25) is 0 Å². The Labute approximate surface area is 113 Å². The Kier molecular flexibility index (Phi) is 4.02. The summed E-state index contributed by atoms with van der Waals surface area (Å²) in [6, 6.07) is 5.62. The van der Waals surface area contributed by atoms with E-state index in [0.717, 1.165) is 22.5 Å². The van der Waals surface area contributed by atoms with Crippen LogP contribution in [0.2, 0.25) is 5.02 Å². The van der Waals surface area contributed by atoms with Crippen LogP contribution in [0.1, 0.15) is 12.7 Å². The van der Waals surface area contributed by atoms with Gasteiger partial charge in [-0.2, -0.15) is 5.10 Å². The van der Waals surface area contributed by atoms with Crippen LogP contribution >= 0.6 is 27.5 Å². The Morgan fingerprint density at radius 2 is 2.29 bits per heavy atom. The predicted molar refractivity (Wildman–Crippen MR) is 72.2 cm³/mol. The van der Waals surface area contributed by atoms with Crippen LogP contribution in [-0.2, 0) is 13.1 Å². The summed E-state index contributed by atoms with van der Waals surface area (Å²) in [6.07, 6.45) is 1.56. The molecule has 90 valence electrons. The molecule has 4 nitrogen and oxygen atoms in total. The normalized spacial score (nSPS) is 10.5. The van der Waals surface area contributed by atoms with E-state index in [1.54, 1.807) is 6.33 Å². The second-order valence-corrected chi connectivity index (χ2v) is 4.76. The van der Waals surface area contributed by atoms with Crippen molar-refractivity contribution in [3.63, 3.8) is 0 Å². The lowest BCUT2D eigenvalue weighted by Crippen LogP contribution is -2.09. The third-order valence-electron chi connectivity index (χ3n) is 2.36. The van der Waals surface area contributed by atoms with Gasteiger partial charge in [-0.3, -0.25) is 0 Å². The van der Waals surface area contributed by atoms with E-state index in [1.165, 1.54) is 0 Å². The number of anilines is 1. The fourth-order valence-corrected chi connectivity index (χ4v) is 2.06. The van der Waals surface area contributed by atoms with Gasteiger partial charge in [0.25, 0.3) is 0 Å². The molecule has 1 heterocycles. The maximum absolute atomic E-state index is 5.94. The first-order valence-electron chi connectivity index (χ1n) is 5.26. The highest BCUT2D eigenvalue weighted by Gasteiger charge is 2.04. The van der Waals surface area contributed by atoms with Gasteiger partial charge in [-0.1, -0.05) is 11.6 Å². The smallest absolute Gasteiger partial charge is 0.146 e. The molecule has 0 spiro atoms. The number of halogens is 2. The number of hydrogen-bond acceptors (Lipinski definition) is 3. The molecular formula is C11H12BrClN4. The van der Waals surface area contributed by atoms with E-state index in [2.05, 4.69) is 31.3 Å². The molecule has 17 heavy (non-hydrogen) atoms. The third kappa shape index (κ3) is 2.98. The maximum atomic E-state index is 5.94. The van der Waals surface area contributed by atoms with Crippen LogP contribution in [0, 0.1) is 0 Å². The molecule has 0 aliphatic carbocycles. The van der Waals surface area contributed by atoms with Gasteiger partial charge >= 0.3 is 0 Å². The molecule has 1 aromatic carbocycles. The number of aryl methyl sites for hydroxylation is 1. The van der Waals surface area contributed by atoms with Crippen molar-refractivity contribution >= 4 is 33.2 Å². The van der Waals surface area contributed by atoms with E-state index in [1.807, 2.05) is 29.8 Å². The van der Waals surface area contributed by atoms with Crippen LogP contribution in [0.4, 0.5) is 5.69 Å². The van der Waals surface area contributed by atoms with E-state index in [-0.39, 0.29) is 0 Å². The van der Waals surface area contributed by atoms with Crippen molar-refractivity contribution in [2.24, 2.45) is 0 Å². The molecule has 0 radical (unpaired) electrons. The highest BCUT2D eigenvalue weighted by atomic mass is 79.9. The van der Waals surface area contributed by atoms with Crippen molar-refractivity contribution in [1.29, 1.82) is 0 Å². The Hall–Kier alpha value is -1.07. The van der Waals surface area contributed by atoms with E-state index >= 15 is 0 Å². The zero-order chi connectivity index (χ0) is 12.3. The van der Waals surface area contributed by atoms with E-state index in [4.69, 9.17) is 11.6 Å². The van der Waals surface area contributed by atoms with Gasteiger partial charge < -0.3 is 5.32 Å². The van der Waals surface area contributed by atoms with Crippen LogP contribution in [-0.4, -0.2) is 14.8 Å². The summed E-state index contributed by atoms with van der Waals surface area (Å²) >= 11 is 9.41. The predicted octanol–water partition coefficient (Wildman–Crippen LogP) is 3.33. The Morgan fingerprint density at radius 1 is 1.47 bits per heavy atom. The lowest BCUT2D eigenvalue weighted by Gasteiger charge is -2.09. The Bertz CT molecular complexity index is 512. The molecule has 0 unspecified atom stereocenters. The molecule has 0 saturated carbocycles. The summed E-state index contributed by atoms with van der Waals surface area (Å²) < 4.78 is 2.83. The molecule has 0 saturated heterocycles. The number of hydrogen-bond donors (Lipinski definition) is 1. The quantitative estimate of drug-likeness (QED) is 0.941. The first-order chi connectivity index (χ1) is 8.20. The molecule has 6 heteroatoms. The summed E-state index contributed by atoms with van der Waals surface area (Å²) in [5.74, 6) is 0.902. The summed E-state index contributed by atoms with van der Waals surface area (Å²) in [5.41, 5.74) is 0.947. The zero-order valence-corrected chi connectivity index (χ0v) is 11.7. The van der Waals surface area contributed by atoms with E-state index in [9.17, 15) is 0 Å². The van der Waals surface area contributed by atoms with Crippen molar-refractivity contribution in [3.8, 4) is 0 Å². The average molecular weight is 316 g/mol. The van der Waals surface area contributed by atoms with Crippen molar-refractivity contribution < 1.29 is 0 Å². The van der Waals surface area contributed by atoms with Crippen molar-refractivity contribution in [2.75, 3.05) is 5.32 Å². The average Bonchev–Trinajstić information content (AvgIpc) is 2.77. The van der Waals surface area contributed by atoms with Gasteiger partial charge in [-0.05, 0) is 41.1 Å². The lowest BCUT2D eigenvalue weighted by atomic mass is 10.3. The SMILES string of the molecule is CCn1ncnc1CNc1cc(Cl)ccc1Br. The lowest BCUT2D eigenvalue weighted by molar-refractivity contribution is 0.622. The van der Waals surface area contributed by atoms with Crippen LogP contribution in [0.3, 0.4) is 0 Å². The standard InChI is InChI=1S/C11H12BrClN4/c1-2-17-11(15-7-16-17)6-14-10-5-8(13)3-4-9(10)12/h3-5,7,14H,2,6H2,1H3. The van der Waals surface area contributed by atoms with Gasteiger partial charge in [-0.25, -0.2) is 9.67 Å². The van der Waals surface area contributed by atoms with Crippen LogP contribution in [0.5, 0.6) is 0 Å². The summed E-state index contributed by atoms with van der Waals surface area (Å²) in [7, 11) is 0. The first-order valence-corrected chi connectivity index (χ1v) is 6.43. The molecule has 2 rings (SSSR count). The minimum absolute atomic E-state index is 0.618. The minimum Gasteiger partial charge on any atom is -0.377 e. The molecule has 1 N–H and O–H groups in total. The topological polar surface area (TPSA) is 42.7 Å². The summed E-state index contributed by atoms with van der Waals surface area (Å²) in [4.78, 5) is 4.20. The first kappa shape index (κ1) is 12.4. The van der Waals surface area contributed by atoms with Gasteiger partial charge in [-0.15, -0.1) is 0 Å². The van der Waals surface area contributed by atoms with Gasteiger partial charge in [0.05, 0.1) is 12.2 Å².